The van der Waals surface area contributed by atoms with Crippen LogP contribution in [0.3, 0.4) is 0 Å². The second-order valence-electron chi connectivity index (χ2n) is 6.89. The van der Waals surface area contributed by atoms with Crippen LogP contribution in [0, 0.1) is 12.0 Å². The fourth-order valence-corrected chi connectivity index (χ4v) is 3.29. The fraction of sp³-hybridized carbons (Fsp3) is 0.160. The van der Waals surface area contributed by atoms with Gasteiger partial charge in [-0.2, -0.15) is 0 Å². The molecule has 3 aromatic carbocycles. The molecular weight excluding hydrogens is 365 g/mol. The van der Waals surface area contributed by atoms with Gasteiger partial charge in [-0.3, -0.25) is 0 Å². The molecule has 0 atom stereocenters. The minimum absolute atomic E-state index is 0.239. The highest BCUT2D eigenvalue weighted by Crippen LogP contribution is 2.27. The molecule has 0 radical (unpaired) electrons. The predicted molar refractivity (Wildman–Crippen MR) is 109 cm³/mol. The first-order valence-corrected chi connectivity index (χ1v) is 9.46. The van der Waals surface area contributed by atoms with Crippen molar-refractivity contribution in [3.05, 3.63) is 107 Å². The Hall–Kier alpha value is -3.42. The Morgan fingerprint density at radius 1 is 0.897 bits per heavy atom. The van der Waals surface area contributed by atoms with Crippen molar-refractivity contribution < 1.29 is 18.8 Å². The molecule has 1 aromatic heterocycles. The molecule has 4 rings (SSSR count). The van der Waals surface area contributed by atoms with Crippen LogP contribution in [0.15, 0.2) is 72.8 Å². The van der Waals surface area contributed by atoms with Crippen molar-refractivity contribution >= 4 is 10.9 Å². The summed E-state index contributed by atoms with van der Waals surface area (Å²) in [5.41, 5.74) is 4.84. The summed E-state index contributed by atoms with van der Waals surface area (Å²) in [5.74, 6) is 0.477. The molecule has 144 valence electrons. The Labute approximate surface area is 169 Å². The molecule has 0 saturated heterocycles. The summed E-state index contributed by atoms with van der Waals surface area (Å²) < 4.78 is 24.6. The monoisotopic (exact) mass is 386 g/mol. The predicted octanol–water partition coefficient (Wildman–Crippen LogP) is 4.70. The van der Waals surface area contributed by atoms with Crippen LogP contribution in [0.5, 0.6) is 5.75 Å². The largest absolute Gasteiger partial charge is 0.481 e. The van der Waals surface area contributed by atoms with Crippen LogP contribution in [0.2, 0.25) is 0 Å². The molecule has 4 aromatic rings. The third-order valence-corrected chi connectivity index (χ3v) is 4.75. The van der Waals surface area contributed by atoms with E-state index in [1.165, 1.54) is 12.1 Å². The summed E-state index contributed by atoms with van der Waals surface area (Å²) >= 11 is 0. The number of hydrogen-bond donors (Lipinski definition) is 0. The van der Waals surface area contributed by atoms with Gasteiger partial charge in [0.2, 0.25) is 5.75 Å². The summed E-state index contributed by atoms with van der Waals surface area (Å²) in [6.45, 7) is 0.954. The standard InChI is InChI=1S/C25H21FNO2/c1-28-17-21-9-12-24(29-16-19-5-3-2-4-6-19)25-23(21)14-20(15-27-25)13-18-7-10-22(26)11-8-18/h2-12,14H,13,16-17H2,1H3/q+1. The van der Waals surface area contributed by atoms with Crippen LogP contribution in [0.4, 0.5) is 4.39 Å². The number of halogens is 1. The van der Waals surface area contributed by atoms with Gasteiger partial charge in [-0.25, -0.2) is 4.39 Å². The van der Waals surface area contributed by atoms with Crippen molar-refractivity contribution in [3.8, 4) is 5.75 Å². The van der Waals surface area contributed by atoms with Crippen molar-refractivity contribution in [3.63, 3.8) is 0 Å². The van der Waals surface area contributed by atoms with Gasteiger partial charge < -0.3 is 9.47 Å². The summed E-state index contributed by atoms with van der Waals surface area (Å²) in [5, 5.41) is 0.980. The first kappa shape index (κ1) is 18.9. The summed E-state index contributed by atoms with van der Waals surface area (Å²) in [6.07, 6.45) is 3.75. The zero-order chi connectivity index (χ0) is 20.1. The van der Waals surface area contributed by atoms with Crippen molar-refractivity contribution in [2.75, 3.05) is 7.11 Å². The first-order chi connectivity index (χ1) is 14.2. The van der Waals surface area contributed by atoms with Crippen LogP contribution < -0.4 is 9.72 Å². The molecule has 3 nitrogen and oxygen atoms in total. The molecule has 0 N–H and O–H groups in total. The number of nitrogens with zero attached hydrogens (tertiary/aromatic N) is 1. The maximum absolute atomic E-state index is 13.2. The van der Waals surface area contributed by atoms with E-state index in [-0.39, 0.29) is 5.82 Å². The van der Waals surface area contributed by atoms with E-state index in [2.05, 4.69) is 17.2 Å². The van der Waals surface area contributed by atoms with E-state index in [1.807, 2.05) is 42.5 Å². The molecule has 0 aliphatic heterocycles. The van der Waals surface area contributed by atoms with E-state index in [0.29, 0.717) is 25.4 Å². The second-order valence-corrected chi connectivity index (χ2v) is 6.89. The molecule has 4 heteroatoms. The number of ether oxygens (including phenoxy) is 2. The SMILES string of the molecule is COCc1ccc(OCc2ccccc2)c2[n+]#cc(Cc3ccc(F)cc3)cc12. The van der Waals surface area contributed by atoms with Crippen molar-refractivity contribution in [1.29, 1.82) is 0 Å². The highest BCUT2D eigenvalue weighted by atomic mass is 19.1. The first-order valence-electron chi connectivity index (χ1n) is 9.46. The lowest BCUT2D eigenvalue weighted by molar-refractivity contribution is -0.260. The lowest BCUT2D eigenvalue weighted by Crippen LogP contribution is -2.05. The normalized spacial score (nSPS) is 10.7. The van der Waals surface area contributed by atoms with Crippen molar-refractivity contribution in [2.45, 2.75) is 19.6 Å². The number of fused-ring (bicyclic) bond motifs is 1. The Morgan fingerprint density at radius 3 is 2.45 bits per heavy atom. The molecule has 0 saturated carbocycles. The minimum atomic E-state index is -0.239. The van der Waals surface area contributed by atoms with Crippen LogP contribution >= 0.6 is 0 Å². The van der Waals surface area contributed by atoms with E-state index in [4.69, 9.17) is 9.47 Å². The molecule has 1 heterocycles. The molecule has 0 aliphatic rings. The van der Waals surface area contributed by atoms with Gasteiger partial charge in [0.15, 0.2) is 0 Å². The Kier molecular flexibility index (Phi) is 5.69. The maximum atomic E-state index is 13.2. The third kappa shape index (κ3) is 4.53. The van der Waals surface area contributed by atoms with Crippen molar-refractivity contribution in [2.24, 2.45) is 0 Å². The Balaban J connectivity index is 1.65. The Bertz CT molecular complexity index is 1100. The van der Waals surface area contributed by atoms with E-state index >= 15 is 0 Å². The average Bonchev–Trinajstić information content (AvgIpc) is 2.76. The average molecular weight is 386 g/mol. The summed E-state index contributed by atoms with van der Waals surface area (Å²) in [7, 11) is 1.67. The van der Waals surface area contributed by atoms with E-state index < -0.39 is 0 Å². The van der Waals surface area contributed by atoms with E-state index in [1.54, 1.807) is 19.2 Å². The van der Waals surface area contributed by atoms with Gasteiger partial charge in [-0.05, 0) is 45.9 Å². The molecular formula is C25H21FNO2+. The molecule has 0 fully saturated rings. The maximum Gasteiger partial charge on any atom is 0.389 e. The number of hydrogen-bond acceptors (Lipinski definition) is 2. The number of benzene rings is 3. The number of aromatic nitrogens is 1. The molecule has 0 unspecified atom stereocenters. The fourth-order valence-electron chi connectivity index (χ4n) is 3.29. The topological polar surface area (TPSA) is 32.6 Å². The molecule has 0 aliphatic carbocycles. The Morgan fingerprint density at radius 2 is 1.69 bits per heavy atom. The van der Waals surface area contributed by atoms with Gasteiger partial charge in [-0.1, -0.05) is 48.5 Å². The molecule has 0 spiro atoms. The van der Waals surface area contributed by atoms with Crippen LogP contribution in [-0.2, 0) is 24.4 Å². The van der Waals surface area contributed by atoms with Gasteiger partial charge in [0.05, 0.1) is 17.6 Å². The van der Waals surface area contributed by atoms with Gasteiger partial charge in [0.25, 0.3) is 0 Å². The van der Waals surface area contributed by atoms with Gasteiger partial charge >= 0.3 is 11.7 Å². The number of rotatable bonds is 7. The molecule has 0 bridgehead atoms. The second kappa shape index (κ2) is 8.72. The zero-order valence-electron chi connectivity index (χ0n) is 16.2. The van der Waals surface area contributed by atoms with E-state index in [9.17, 15) is 4.39 Å². The van der Waals surface area contributed by atoms with Gasteiger partial charge in [0.1, 0.15) is 12.4 Å². The third-order valence-electron chi connectivity index (χ3n) is 4.75. The van der Waals surface area contributed by atoms with Crippen LogP contribution in [0.25, 0.3) is 10.9 Å². The summed E-state index contributed by atoms with van der Waals surface area (Å²) in [4.78, 5) is 4.57. The van der Waals surface area contributed by atoms with Crippen LogP contribution in [0.1, 0.15) is 22.3 Å². The highest BCUT2D eigenvalue weighted by molar-refractivity contribution is 5.85. The minimum Gasteiger partial charge on any atom is -0.481 e. The molecule has 0 amide bonds. The lowest BCUT2D eigenvalue weighted by atomic mass is 10.0. The molecule has 29 heavy (non-hydrogen) atoms. The van der Waals surface area contributed by atoms with Crippen molar-refractivity contribution in [1.82, 2.24) is 0 Å². The quantitative estimate of drug-likeness (QED) is 0.462. The van der Waals surface area contributed by atoms with Gasteiger partial charge in [-0.15, -0.1) is 0 Å². The zero-order valence-corrected chi connectivity index (χ0v) is 16.2. The lowest BCUT2D eigenvalue weighted by Gasteiger charge is -2.07. The summed E-state index contributed by atoms with van der Waals surface area (Å²) in [6, 6.07) is 22.5. The van der Waals surface area contributed by atoms with Crippen LogP contribution in [-0.4, -0.2) is 7.11 Å². The number of methoxy groups -OCH3 is 1. The van der Waals surface area contributed by atoms with E-state index in [0.717, 1.165) is 33.2 Å². The smallest absolute Gasteiger partial charge is 0.389 e. The highest BCUT2D eigenvalue weighted by Gasteiger charge is 2.18. The van der Waals surface area contributed by atoms with Gasteiger partial charge in [0, 0.05) is 13.5 Å².